The second kappa shape index (κ2) is 5.11. The number of nitro groups is 1. The summed E-state index contributed by atoms with van der Waals surface area (Å²) in [7, 11) is 0. The summed E-state index contributed by atoms with van der Waals surface area (Å²) in [5.74, 6) is -0.0200. The number of aromatic nitrogens is 3. The van der Waals surface area contributed by atoms with Crippen molar-refractivity contribution in [1.82, 2.24) is 15.0 Å². The second-order valence-electron chi connectivity index (χ2n) is 3.12. The predicted octanol–water partition coefficient (Wildman–Crippen LogP) is 2.83. The Labute approximate surface area is 111 Å². The maximum Gasteiger partial charge on any atom is 0.365 e. The minimum Gasteiger partial charge on any atom is -0.358 e. The number of rotatable bonds is 3. The zero-order valence-electron chi connectivity index (χ0n) is 8.67. The van der Waals surface area contributed by atoms with Crippen molar-refractivity contribution < 1.29 is 4.92 Å². The highest BCUT2D eigenvalue weighted by atomic mass is 35.5. The van der Waals surface area contributed by atoms with E-state index in [0.717, 1.165) is 0 Å². The van der Waals surface area contributed by atoms with Crippen molar-refractivity contribution in [2.24, 2.45) is 0 Å². The molecule has 2 rings (SSSR count). The molecule has 2 aromatic heterocycles. The molecule has 0 aliphatic rings. The van der Waals surface area contributed by atoms with Crippen molar-refractivity contribution in [3.05, 3.63) is 44.9 Å². The number of pyridine rings is 1. The van der Waals surface area contributed by atoms with Gasteiger partial charge in [0.15, 0.2) is 5.82 Å². The number of halogens is 2. The zero-order chi connectivity index (χ0) is 13.1. The molecule has 0 radical (unpaired) electrons. The van der Waals surface area contributed by atoms with Crippen LogP contribution >= 0.6 is 23.2 Å². The van der Waals surface area contributed by atoms with Crippen LogP contribution in [-0.4, -0.2) is 19.9 Å². The zero-order valence-corrected chi connectivity index (χ0v) is 10.2. The minimum atomic E-state index is -0.597. The van der Waals surface area contributed by atoms with Crippen molar-refractivity contribution in [2.45, 2.75) is 0 Å². The number of nitrogens with one attached hydrogen (secondary N) is 1. The molecule has 7 nitrogen and oxygen atoms in total. The molecule has 1 N–H and O–H groups in total. The van der Waals surface area contributed by atoms with E-state index in [4.69, 9.17) is 23.2 Å². The molecule has 0 spiro atoms. The van der Waals surface area contributed by atoms with Gasteiger partial charge in [0.25, 0.3) is 0 Å². The normalized spacial score (nSPS) is 10.1. The molecule has 0 saturated carbocycles. The maximum atomic E-state index is 10.6. The van der Waals surface area contributed by atoms with Gasteiger partial charge in [-0.2, -0.15) is 4.98 Å². The molecule has 0 atom stereocenters. The van der Waals surface area contributed by atoms with Gasteiger partial charge in [0.05, 0.1) is 18.0 Å². The van der Waals surface area contributed by atoms with Crippen LogP contribution in [0.3, 0.4) is 0 Å². The van der Waals surface area contributed by atoms with Gasteiger partial charge in [0.1, 0.15) is 11.2 Å². The van der Waals surface area contributed by atoms with Gasteiger partial charge in [-0.05, 0) is 21.5 Å². The SMILES string of the molecule is O=[N+]([O-])c1cc(Nc2nc(Cl)ncc2Cl)ccn1. The van der Waals surface area contributed by atoms with E-state index in [1.165, 1.54) is 18.5 Å². The van der Waals surface area contributed by atoms with Crippen molar-refractivity contribution in [2.75, 3.05) is 5.32 Å². The Bertz CT molecular complexity index is 607. The Hall–Kier alpha value is -1.99. The maximum absolute atomic E-state index is 10.6. The molecular formula is C9H5Cl2N5O2. The fraction of sp³-hybridized carbons (Fsp3) is 0. The van der Waals surface area contributed by atoms with Crippen LogP contribution in [0, 0.1) is 10.1 Å². The molecule has 0 aromatic carbocycles. The molecule has 18 heavy (non-hydrogen) atoms. The molecule has 0 amide bonds. The number of hydrogen-bond donors (Lipinski definition) is 1. The Balaban J connectivity index is 2.31. The van der Waals surface area contributed by atoms with E-state index in [-0.39, 0.29) is 21.9 Å². The summed E-state index contributed by atoms with van der Waals surface area (Å²) in [6, 6.07) is 2.80. The third kappa shape index (κ3) is 2.82. The van der Waals surface area contributed by atoms with Crippen LogP contribution in [-0.2, 0) is 0 Å². The summed E-state index contributed by atoms with van der Waals surface area (Å²) in [5, 5.41) is 13.6. The van der Waals surface area contributed by atoms with E-state index in [1.807, 2.05) is 0 Å². The summed E-state index contributed by atoms with van der Waals surface area (Å²) in [6.07, 6.45) is 2.63. The van der Waals surface area contributed by atoms with E-state index >= 15 is 0 Å². The van der Waals surface area contributed by atoms with Crippen LogP contribution in [0.15, 0.2) is 24.5 Å². The molecule has 0 aliphatic carbocycles. The number of hydrogen-bond acceptors (Lipinski definition) is 6. The second-order valence-corrected chi connectivity index (χ2v) is 3.87. The summed E-state index contributed by atoms with van der Waals surface area (Å²) in [4.78, 5) is 21.1. The van der Waals surface area contributed by atoms with Gasteiger partial charge in [-0.3, -0.25) is 0 Å². The summed E-state index contributed by atoms with van der Waals surface area (Å²) in [6.45, 7) is 0. The molecule has 9 heteroatoms. The monoisotopic (exact) mass is 285 g/mol. The number of anilines is 2. The standard InChI is InChI=1S/C9H5Cl2N5O2/c10-6-4-13-9(11)15-8(6)14-5-1-2-12-7(3-5)16(17)18/h1-4H,(H,12,13,14,15). The molecule has 0 unspecified atom stereocenters. The first-order valence-electron chi connectivity index (χ1n) is 4.62. The molecule has 0 aliphatic heterocycles. The van der Waals surface area contributed by atoms with Crippen LogP contribution in [0.1, 0.15) is 0 Å². The van der Waals surface area contributed by atoms with Gasteiger partial charge in [0, 0.05) is 6.07 Å². The van der Waals surface area contributed by atoms with Gasteiger partial charge in [-0.1, -0.05) is 11.6 Å². The van der Waals surface area contributed by atoms with Crippen molar-refractivity contribution in [3.8, 4) is 0 Å². The van der Waals surface area contributed by atoms with Crippen LogP contribution in [0.2, 0.25) is 10.3 Å². The Kier molecular flexibility index (Phi) is 3.54. The molecule has 92 valence electrons. The fourth-order valence-corrected chi connectivity index (χ4v) is 1.44. The molecule has 0 fully saturated rings. The van der Waals surface area contributed by atoms with Gasteiger partial charge < -0.3 is 15.4 Å². The summed E-state index contributed by atoms with van der Waals surface area (Å²) >= 11 is 11.5. The lowest BCUT2D eigenvalue weighted by atomic mass is 10.4. The third-order valence-electron chi connectivity index (χ3n) is 1.91. The van der Waals surface area contributed by atoms with Gasteiger partial charge in [-0.15, -0.1) is 0 Å². The highest BCUT2D eigenvalue weighted by Gasteiger charge is 2.10. The summed E-state index contributed by atoms with van der Waals surface area (Å²) < 4.78 is 0. The van der Waals surface area contributed by atoms with E-state index < -0.39 is 4.92 Å². The average Bonchev–Trinajstić information content (AvgIpc) is 2.34. The van der Waals surface area contributed by atoms with Crippen LogP contribution < -0.4 is 5.32 Å². The Morgan fingerprint density at radius 3 is 2.83 bits per heavy atom. The molecule has 2 heterocycles. The van der Waals surface area contributed by atoms with Gasteiger partial charge >= 0.3 is 5.82 Å². The lowest BCUT2D eigenvalue weighted by Crippen LogP contribution is -1.98. The lowest BCUT2D eigenvalue weighted by molar-refractivity contribution is -0.389. The predicted molar refractivity (Wildman–Crippen MR) is 66.2 cm³/mol. The van der Waals surface area contributed by atoms with E-state index in [2.05, 4.69) is 20.3 Å². The first-order valence-corrected chi connectivity index (χ1v) is 5.37. The largest absolute Gasteiger partial charge is 0.365 e. The molecule has 0 saturated heterocycles. The molecule has 2 aromatic rings. The number of nitrogens with zero attached hydrogens (tertiary/aromatic N) is 4. The summed E-state index contributed by atoms with van der Waals surface area (Å²) in [5.41, 5.74) is 0.424. The highest BCUT2D eigenvalue weighted by Crippen LogP contribution is 2.24. The quantitative estimate of drug-likeness (QED) is 0.529. The smallest absolute Gasteiger partial charge is 0.358 e. The van der Waals surface area contributed by atoms with Crippen molar-refractivity contribution in [3.63, 3.8) is 0 Å². The third-order valence-corrected chi connectivity index (χ3v) is 2.37. The van der Waals surface area contributed by atoms with Crippen LogP contribution in [0.4, 0.5) is 17.3 Å². The van der Waals surface area contributed by atoms with E-state index in [9.17, 15) is 10.1 Å². The Morgan fingerprint density at radius 2 is 2.11 bits per heavy atom. The fourth-order valence-electron chi connectivity index (χ4n) is 1.17. The Morgan fingerprint density at radius 1 is 1.33 bits per heavy atom. The lowest BCUT2D eigenvalue weighted by Gasteiger charge is -2.06. The average molecular weight is 286 g/mol. The van der Waals surface area contributed by atoms with E-state index in [0.29, 0.717) is 5.69 Å². The first-order chi connectivity index (χ1) is 8.56. The van der Waals surface area contributed by atoms with Crippen molar-refractivity contribution in [1.29, 1.82) is 0 Å². The highest BCUT2D eigenvalue weighted by molar-refractivity contribution is 6.33. The first kappa shape index (κ1) is 12.5. The van der Waals surface area contributed by atoms with Gasteiger partial charge in [-0.25, -0.2) is 4.98 Å². The topological polar surface area (TPSA) is 93.8 Å². The minimum absolute atomic E-state index is 0.0189. The van der Waals surface area contributed by atoms with E-state index in [1.54, 1.807) is 6.07 Å². The molecular weight excluding hydrogens is 281 g/mol. The van der Waals surface area contributed by atoms with Crippen LogP contribution in [0.25, 0.3) is 0 Å². The van der Waals surface area contributed by atoms with Gasteiger partial charge in [0.2, 0.25) is 5.28 Å². The van der Waals surface area contributed by atoms with Crippen LogP contribution in [0.5, 0.6) is 0 Å². The van der Waals surface area contributed by atoms with Crippen molar-refractivity contribution >= 4 is 40.5 Å². The molecule has 0 bridgehead atoms.